The molecule has 0 N–H and O–H groups in total. The molecule has 3 aromatic carbocycles. The molecule has 1 unspecified atom stereocenters. The van der Waals surface area contributed by atoms with Crippen molar-refractivity contribution in [2.45, 2.75) is 95.9 Å². The highest BCUT2D eigenvalue weighted by Gasteiger charge is 2.24. The second-order valence-corrected chi connectivity index (χ2v) is 12.8. The van der Waals surface area contributed by atoms with Gasteiger partial charge in [-0.1, -0.05) is 137 Å². The van der Waals surface area contributed by atoms with Crippen LogP contribution in [0.25, 0.3) is 0 Å². The number of hydrogen-bond donors (Lipinski definition) is 0. The Kier molecular flexibility index (Phi) is 13.1. The average Bonchev–Trinajstić information content (AvgIpc) is 2.93. The fraction of sp³-hybridized carbons (Fsp3) is 0.471. The molecule has 38 heavy (non-hydrogen) atoms. The van der Waals surface area contributed by atoms with Gasteiger partial charge in [-0.15, -0.1) is 0 Å². The minimum absolute atomic E-state index is 0.383. The van der Waals surface area contributed by atoms with Crippen molar-refractivity contribution in [3.63, 3.8) is 0 Å². The van der Waals surface area contributed by atoms with Crippen molar-refractivity contribution in [1.82, 2.24) is 4.31 Å². The monoisotopic (exact) mass is 533 g/mol. The van der Waals surface area contributed by atoms with Gasteiger partial charge in [-0.2, -0.15) is 4.31 Å². The van der Waals surface area contributed by atoms with Crippen LogP contribution in [0.2, 0.25) is 0 Å². The number of rotatable bonds is 18. The average molecular weight is 534 g/mol. The van der Waals surface area contributed by atoms with E-state index in [2.05, 4.69) is 37.3 Å². The minimum atomic E-state index is -3.52. The molecule has 0 aliphatic rings. The van der Waals surface area contributed by atoms with Gasteiger partial charge < -0.3 is 0 Å². The zero-order valence-electron chi connectivity index (χ0n) is 23.5. The van der Waals surface area contributed by atoms with Crippen LogP contribution in [0.15, 0.2) is 89.8 Å². The number of sulfonamides is 1. The van der Waals surface area contributed by atoms with Crippen LogP contribution in [0.3, 0.4) is 0 Å². The summed E-state index contributed by atoms with van der Waals surface area (Å²) in [6.07, 6.45) is 13.4. The molecule has 3 nitrogen and oxygen atoms in total. The largest absolute Gasteiger partial charge is 0.243 e. The van der Waals surface area contributed by atoms with E-state index in [0.29, 0.717) is 18.0 Å². The van der Waals surface area contributed by atoms with Crippen molar-refractivity contribution in [1.29, 1.82) is 0 Å². The molecule has 3 rings (SSSR count). The summed E-state index contributed by atoms with van der Waals surface area (Å²) in [4.78, 5) is 0.383. The molecule has 206 valence electrons. The lowest BCUT2D eigenvalue weighted by molar-refractivity contribution is 0.390. The van der Waals surface area contributed by atoms with E-state index >= 15 is 0 Å². The number of nitrogens with zero attached hydrogens (tertiary/aromatic N) is 1. The van der Waals surface area contributed by atoms with Crippen molar-refractivity contribution in [2.24, 2.45) is 5.92 Å². The molecular formula is C34H47NO2S. The zero-order valence-corrected chi connectivity index (χ0v) is 24.3. The molecule has 0 bridgehead atoms. The van der Waals surface area contributed by atoms with Crippen LogP contribution in [-0.2, 0) is 23.0 Å². The van der Waals surface area contributed by atoms with E-state index in [9.17, 15) is 8.42 Å². The molecular weight excluding hydrogens is 486 g/mol. The van der Waals surface area contributed by atoms with Gasteiger partial charge in [0.05, 0.1) is 4.90 Å². The van der Waals surface area contributed by atoms with Gasteiger partial charge in [0.2, 0.25) is 10.0 Å². The predicted octanol–water partition coefficient (Wildman–Crippen LogP) is 8.97. The van der Waals surface area contributed by atoms with Crippen LogP contribution in [0, 0.1) is 12.8 Å². The summed E-state index contributed by atoms with van der Waals surface area (Å²) in [6.45, 7) is 5.36. The summed E-state index contributed by atoms with van der Waals surface area (Å²) in [5, 5.41) is 0. The quantitative estimate of drug-likeness (QED) is 0.153. The van der Waals surface area contributed by atoms with Crippen molar-refractivity contribution in [2.75, 3.05) is 6.54 Å². The summed E-state index contributed by atoms with van der Waals surface area (Å²) in [7, 11) is -3.52. The first-order valence-electron chi connectivity index (χ1n) is 14.6. The Morgan fingerprint density at radius 1 is 0.632 bits per heavy atom. The molecule has 0 amide bonds. The number of aryl methyl sites for hydroxylation is 2. The van der Waals surface area contributed by atoms with Gasteiger partial charge in [-0.25, -0.2) is 8.42 Å². The maximum absolute atomic E-state index is 13.4. The van der Waals surface area contributed by atoms with Crippen LogP contribution >= 0.6 is 0 Å². The first kappa shape index (κ1) is 30.1. The Morgan fingerprint density at radius 3 is 1.79 bits per heavy atom. The summed E-state index contributed by atoms with van der Waals surface area (Å²) in [5.41, 5.74) is 3.55. The second kappa shape index (κ2) is 16.5. The molecule has 0 aliphatic heterocycles. The molecule has 0 saturated carbocycles. The van der Waals surface area contributed by atoms with E-state index in [0.717, 1.165) is 29.9 Å². The third-order valence-electron chi connectivity index (χ3n) is 7.47. The van der Waals surface area contributed by atoms with Gasteiger partial charge in [0, 0.05) is 13.1 Å². The fourth-order valence-corrected chi connectivity index (χ4v) is 6.51. The van der Waals surface area contributed by atoms with E-state index < -0.39 is 10.0 Å². The van der Waals surface area contributed by atoms with Gasteiger partial charge >= 0.3 is 0 Å². The number of unbranched alkanes of at least 4 members (excludes halogenated alkanes) is 6. The van der Waals surface area contributed by atoms with Crippen LogP contribution < -0.4 is 0 Å². The summed E-state index contributed by atoms with van der Waals surface area (Å²) < 4.78 is 28.5. The van der Waals surface area contributed by atoms with Gasteiger partial charge in [-0.05, 0) is 55.4 Å². The lowest BCUT2D eigenvalue weighted by atomic mass is 9.95. The molecule has 4 heteroatoms. The van der Waals surface area contributed by atoms with Crippen molar-refractivity contribution < 1.29 is 8.42 Å². The van der Waals surface area contributed by atoms with E-state index in [4.69, 9.17) is 0 Å². The standard InChI is InChI=1S/C34H47NO2S/c1-30(18-16-23-32-19-11-8-12-20-32)17-10-6-4-3-5-7-15-28-35(29-33-21-13-9-14-22-33)38(36,37)34-26-24-31(2)25-27-34/h8-9,11-14,19-22,24-27,30H,3-7,10,15-18,23,28-29H2,1-2H3. The van der Waals surface area contributed by atoms with Gasteiger partial charge in [0.15, 0.2) is 0 Å². The molecule has 0 saturated heterocycles. The van der Waals surface area contributed by atoms with Crippen molar-refractivity contribution in [3.05, 3.63) is 102 Å². The Bertz CT molecular complexity index is 1130. The maximum atomic E-state index is 13.4. The van der Waals surface area contributed by atoms with Gasteiger partial charge in [-0.3, -0.25) is 0 Å². The van der Waals surface area contributed by atoms with Gasteiger partial charge in [0.1, 0.15) is 0 Å². The minimum Gasteiger partial charge on any atom is -0.207 e. The molecule has 3 aromatic rings. The Morgan fingerprint density at radius 2 is 1.16 bits per heavy atom. The summed E-state index contributed by atoms with van der Waals surface area (Å²) >= 11 is 0. The van der Waals surface area contributed by atoms with Crippen LogP contribution in [0.1, 0.15) is 87.8 Å². The second-order valence-electron chi connectivity index (χ2n) is 10.9. The van der Waals surface area contributed by atoms with Crippen molar-refractivity contribution in [3.8, 4) is 0 Å². The zero-order chi connectivity index (χ0) is 27.1. The highest BCUT2D eigenvalue weighted by molar-refractivity contribution is 7.89. The van der Waals surface area contributed by atoms with Crippen LogP contribution in [-0.4, -0.2) is 19.3 Å². The molecule has 0 radical (unpaired) electrons. The Hall–Kier alpha value is -2.43. The van der Waals surface area contributed by atoms with Crippen LogP contribution in [0.4, 0.5) is 0 Å². The van der Waals surface area contributed by atoms with E-state index in [1.54, 1.807) is 16.4 Å². The SMILES string of the molecule is Cc1ccc(S(=O)(=O)N(CCCCCCCCCC(C)CCCc2ccccc2)Cc2ccccc2)cc1. The smallest absolute Gasteiger partial charge is 0.207 e. The van der Waals surface area contributed by atoms with E-state index in [1.165, 1.54) is 63.4 Å². The molecule has 0 spiro atoms. The van der Waals surface area contributed by atoms with Gasteiger partial charge in [0.25, 0.3) is 0 Å². The maximum Gasteiger partial charge on any atom is 0.243 e. The number of hydrogen-bond acceptors (Lipinski definition) is 2. The van der Waals surface area contributed by atoms with E-state index in [-0.39, 0.29) is 0 Å². The molecule has 0 heterocycles. The lowest BCUT2D eigenvalue weighted by Gasteiger charge is -2.22. The molecule has 0 aromatic heterocycles. The third-order valence-corrected chi connectivity index (χ3v) is 9.33. The first-order valence-corrected chi connectivity index (χ1v) is 16.0. The molecule has 0 aliphatic carbocycles. The highest BCUT2D eigenvalue weighted by atomic mass is 32.2. The topological polar surface area (TPSA) is 37.4 Å². The lowest BCUT2D eigenvalue weighted by Crippen LogP contribution is -2.31. The molecule has 0 fully saturated rings. The first-order chi connectivity index (χ1) is 18.4. The van der Waals surface area contributed by atoms with Crippen molar-refractivity contribution >= 4 is 10.0 Å². The summed E-state index contributed by atoms with van der Waals surface area (Å²) in [6, 6.07) is 27.9. The number of benzene rings is 3. The summed E-state index contributed by atoms with van der Waals surface area (Å²) in [5.74, 6) is 0.810. The highest BCUT2D eigenvalue weighted by Crippen LogP contribution is 2.21. The van der Waals surface area contributed by atoms with E-state index in [1.807, 2.05) is 49.4 Å². The Labute approximate surface area is 232 Å². The normalized spacial score (nSPS) is 12.6. The predicted molar refractivity (Wildman–Crippen MR) is 161 cm³/mol. The fourth-order valence-electron chi connectivity index (χ4n) is 5.04. The Balaban J connectivity index is 1.32. The molecule has 1 atom stereocenters. The third kappa shape index (κ3) is 10.7. The van der Waals surface area contributed by atoms with Crippen LogP contribution in [0.5, 0.6) is 0 Å².